The zero-order chi connectivity index (χ0) is 28.6. The van der Waals surface area contributed by atoms with Crippen molar-refractivity contribution < 1.29 is 19.2 Å². The van der Waals surface area contributed by atoms with Crippen molar-refractivity contribution in [3.05, 3.63) is 60.2 Å². The van der Waals surface area contributed by atoms with Gasteiger partial charge in [-0.2, -0.15) is 0 Å². The number of allylic oxidation sites excluding steroid dienone is 2. The lowest BCUT2D eigenvalue weighted by molar-refractivity contribution is -0.130. The number of nitrogens with zero attached hydrogens (tertiary/aromatic N) is 1. The molecule has 2 aromatic carbocycles. The molecule has 8 heteroatoms. The van der Waals surface area contributed by atoms with Crippen molar-refractivity contribution in [2.75, 3.05) is 19.6 Å². The van der Waals surface area contributed by atoms with E-state index in [1.807, 2.05) is 47.4 Å². The molecule has 2 aliphatic heterocycles. The van der Waals surface area contributed by atoms with Gasteiger partial charge in [0.1, 0.15) is 6.04 Å². The third-order valence-corrected chi connectivity index (χ3v) is 7.29. The summed E-state index contributed by atoms with van der Waals surface area (Å²) < 4.78 is 0. The maximum Gasteiger partial charge on any atom is 0.242 e. The summed E-state index contributed by atoms with van der Waals surface area (Å²) in [5.41, 5.74) is 1.04. The van der Waals surface area contributed by atoms with Crippen LogP contribution >= 0.6 is 0 Å². The van der Waals surface area contributed by atoms with Gasteiger partial charge in [-0.25, -0.2) is 0 Å². The Hall–Kier alpha value is -3.68. The second-order valence-electron chi connectivity index (χ2n) is 10.5. The Bertz CT molecular complexity index is 1150. The first-order chi connectivity index (χ1) is 19.4. The van der Waals surface area contributed by atoms with Crippen molar-refractivity contribution >= 4 is 34.4 Å². The molecule has 3 N–H and O–H groups in total. The molecular weight excluding hydrogens is 504 g/mol. The van der Waals surface area contributed by atoms with Gasteiger partial charge in [-0.05, 0) is 61.3 Å². The number of hydrogen-bond donors (Lipinski definition) is 3. The molecule has 216 valence electrons. The summed E-state index contributed by atoms with van der Waals surface area (Å²) in [7, 11) is 0. The molecule has 2 aliphatic rings. The van der Waals surface area contributed by atoms with E-state index in [-0.39, 0.29) is 30.2 Å². The SMILES string of the molecule is CC(=O)N1CCCC1.O=C1CCC/C=C\CCCCCC(C(=O)NCc2cccc3ccccc23)NC(=O)CN1. The Morgan fingerprint density at radius 3 is 2.35 bits per heavy atom. The van der Waals surface area contributed by atoms with Crippen LogP contribution in [0.15, 0.2) is 54.6 Å². The molecule has 2 heterocycles. The van der Waals surface area contributed by atoms with E-state index in [4.69, 9.17) is 0 Å². The van der Waals surface area contributed by atoms with E-state index in [0.717, 1.165) is 68.0 Å². The van der Waals surface area contributed by atoms with Crippen LogP contribution in [0.4, 0.5) is 0 Å². The summed E-state index contributed by atoms with van der Waals surface area (Å²) in [4.78, 5) is 49.7. The zero-order valence-corrected chi connectivity index (χ0v) is 23.8. The van der Waals surface area contributed by atoms with E-state index in [9.17, 15) is 19.2 Å². The summed E-state index contributed by atoms with van der Waals surface area (Å²) in [6.07, 6.45) is 13.2. The van der Waals surface area contributed by atoms with Crippen LogP contribution in [0.2, 0.25) is 0 Å². The topological polar surface area (TPSA) is 108 Å². The van der Waals surface area contributed by atoms with Crippen molar-refractivity contribution in [3.8, 4) is 0 Å². The second-order valence-corrected chi connectivity index (χ2v) is 10.5. The molecule has 4 amide bonds. The van der Waals surface area contributed by atoms with Gasteiger partial charge in [-0.1, -0.05) is 67.5 Å². The fraction of sp³-hybridized carbons (Fsp3) is 0.500. The highest BCUT2D eigenvalue weighted by atomic mass is 16.2. The molecule has 0 radical (unpaired) electrons. The Morgan fingerprint density at radius 1 is 0.875 bits per heavy atom. The maximum atomic E-state index is 12.9. The van der Waals surface area contributed by atoms with E-state index in [2.05, 4.69) is 28.1 Å². The number of benzene rings is 2. The van der Waals surface area contributed by atoms with Crippen LogP contribution in [-0.2, 0) is 25.7 Å². The van der Waals surface area contributed by atoms with E-state index in [0.29, 0.717) is 19.4 Å². The summed E-state index contributed by atoms with van der Waals surface area (Å²) >= 11 is 0. The monoisotopic (exact) mass is 548 g/mol. The molecule has 0 bridgehead atoms. The van der Waals surface area contributed by atoms with Crippen LogP contribution < -0.4 is 16.0 Å². The van der Waals surface area contributed by atoms with Gasteiger partial charge in [0, 0.05) is 33.0 Å². The number of carbonyl (C=O) groups is 4. The minimum atomic E-state index is -0.613. The molecule has 0 aromatic heterocycles. The molecule has 0 aliphatic carbocycles. The van der Waals surface area contributed by atoms with Gasteiger partial charge in [0.15, 0.2) is 0 Å². The Morgan fingerprint density at radius 2 is 1.60 bits per heavy atom. The molecule has 8 nitrogen and oxygen atoms in total. The van der Waals surface area contributed by atoms with Crippen LogP contribution in [0.25, 0.3) is 10.8 Å². The van der Waals surface area contributed by atoms with Crippen molar-refractivity contribution in [1.29, 1.82) is 0 Å². The van der Waals surface area contributed by atoms with Crippen molar-refractivity contribution in [3.63, 3.8) is 0 Å². The summed E-state index contributed by atoms with van der Waals surface area (Å²) in [5, 5.41) is 10.7. The van der Waals surface area contributed by atoms with Gasteiger partial charge in [0.05, 0.1) is 6.54 Å². The van der Waals surface area contributed by atoms with Gasteiger partial charge >= 0.3 is 0 Å². The largest absolute Gasteiger partial charge is 0.350 e. The summed E-state index contributed by atoms with van der Waals surface area (Å²) in [6, 6.07) is 13.5. The number of hydrogen-bond acceptors (Lipinski definition) is 4. The molecule has 40 heavy (non-hydrogen) atoms. The van der Waals surface area contributed by atoms with Gasteiger partial charge in [0.25, 0.3) is 0 Å². The molecule has 1 unspecified atom stereocenters. The molecule has 0 spiro atoms. The van der Waals surface area contributed by atoms with E-state index >= 15 is 0 Å². The molecule has 0 saturated carbocycles. The first-order valence-corrected chi connectivity index (χ1v) is 14.6. The second kappa shape index (κ2) is 17.1. The first-order valence-electron chi connectivity index (χ1n) is 14.6. The predicted octanol–water partition coefficient (Wildman–Crippen LogP) is 4.38. The minimum absolute atomic E-state index is 0.109. The fourth-order valence-electron chi connectivity index (χ4n) is 4.97. The Labute approximate surface area is 238 Å². The van der Waals surface area contributed by atoms with Gasteiger partial charge in [0.2, 0.25) is 23.6 Å². The molecule has 4 rings (SSSR count). The van der Waals surface area contributed by atoms with E-state index in [1.165, 1.54) is 12.8 Å². The third-order valence-electron chi connectivity index (χ3n) is 7.29. The number of amides is 4. The van der Waals surface area contributed by atoms with Gasteiger partial charge in [-0.3, -0.25) is 19.2 Å². The normalized spacial score (nSPS) is 20.0. The highest BCUT2D eigenvalue weighted by Crippen LogP contribution is 2.18. The lowest BCUT2D eigenvalue weighted by Crippen LogP contribution is -2.49. The quantitative estimate of drug-likeness (QED) is 0.495. The lowest BCUT2D eigenvalue weighted by Gasteiger charge is -2.19. The molecule has 1 atom stereocenters. The predicted molar refractivity (Wildman–Crippen MR) is 158 cm³/mol. The highest BCUT2D eigenvalue weighted by Gasteiger charge is 2.21. The van der Waals surface area contributed by atoms with Crippen LogP contribution in [0, 0.1) is 0 Å². The average molecular weight is 549 g/mol. The van der Waals surface area contributed by atoms with Crippen molar-refractivity contribution in [2.24, 2.45) is 0 Å². The molecular formula is C32H44N4O4. The van der Waals surface area contributed by atoms with Crippen LogP contribution in [0.5, 0.6) is 0 Å². The van der Waals surface area contributed by atoms with E-state index < -0.39 is 6.04 Å². The summed E-state index contributed by atoms with van der Waals surface area (Å²) in [5.74, 6) is -0.450. The number of nitrogens with one attached hydrogen (secondary N) is 3. The first kappa shape index (κ1) is 30.9. The number of likely N-dealkylation sites (tertiary alicyclic amines) is 1. The molecule has 1 saturated heterocycles. The van der Waals surface area contributed by atoms with Crippen molar-refractivity contribution in [2.45, 2.75) is 83.7 Å². The minimum Gasteiger partial charge on any atom is -0.350 e. The number of fused-ring (bicyclic) bond motifs is 1. The fourth-order valence-corrected chi connectivity index (χ4v) is 4.97. The number of rotatable bonds is 3. The number of carbonyl (C=O) groups excluding carboxylic acids is 4. The van der Waals surface area contributed by atoms with Gasteiger partial charge < -0.3 is 20.9 Å². The van der Waals surface area contributed by atoms with Crippen LogP contribution in [0.1, 0.15) is 76.7 Å². The van der Waals surface area contributed by atoms with Crippen LogP contribution in [0.3, 0.4) is 0 Å². The van der Waals surface area contributed by atoms with E-state index in [1.54, 1.807) is 6.92 Å². The highest BCUT2D eigenvalue weighted by molar-refractivity contribution is 5.90. The maximum absolute atomic E-state index is 12.9. The van der Waals surface area contributed by atoms with Crippen LogP contribution in [-0.4, -0.2) is 54.2 Å². The summed E-state index contributed by atoms with van der Waals surface area (Å²) in [6.45, 7) is 3.88. The van der Waals surface area contributed by atoms with Crippen molar-refractivity contribution in [1.82, 2.24) is 20.9 Å². The zero-order valence-electron chi connectivity index (χ0n) is 23.8. The van der Waals surface area contributed by atoms with Gasteiger partial charge in [-0.15, -0.1) is 0 Å². The lowest BCUT2D eigenvalue weighted by atomic mass is 10.0. The smallest absolute Gasteiger partial charge is 0.242 e. The third kappa shape index (κ3) is 10.8. The molecule has 2 aromatic rings. The Balaban J connectivity index is 0.000000472. The molecule has 1 fully saturated rings. The Kier molecular flexibility index (Phi) is 13.2. The average Bonchev–Trinajstić information content (AvgIpc) is 3.51. The standard InChI is InChI=1S/C26H33N3O3.C6H11NO/c30-24-17-8-6-4-2-1-3-5-7-16-23(29-25(31)19-27-24)26(32)28-18-21-14-11-13-20-12-9-10-15-22(20)21;1-6(8)7-4-2-3-5-7/h2,4,9-15,23H,1,3,5-8,16-19H2,(H,27,30)(H,28,32)(H,29,31);2-5H2,1H3/b4-2-;.